The smallest absolute Gasteiger partial charge is 0.222 e. The highest BCUT2D eigenvalue weighted by molar-refractivity contribution is 5.78. The molecule has 1 aromatic heterocycles. The van der Waals surface area contributed by atoms with Gasteiger partial charge in [0, 0.05) is 50.4 Å². The van der Waals surface area contributed by atoms with Crippen LogP contribution in [0.15, 0.2) is 6.07 Å². The lowest BCUT2D eigenvalue weighted by Crippen LogP contribution is -2.51. The second-order valence-electron chi connectivity index (χ2n) is 5.86. The molecule has 0 aromatic carbocycles. The van der Waals surface area contributed by atoms with Crippen molar-refractivity contribution in [3.63, 3.8) is 0 Å². The average molecular weight is 289 g/mol. The summed E-state index contributed by atoms with van der Waals surface area (Å²) in [5.74, 6) is 2.08. The molecule has 2 fully saturated rings. The number of aromatic nitrogens is 2. The molecule has 6 heteroatoms. The van der Waals surface area contributed by atoms with Gasteiger partial charge in [-0.1, -0.05) is 0 Å². The first kappa shape index (κ1) is 14.3. The largest absolute Gasteiger partial charge is 0.370 e. The van der Waals surface area contributed by atoms with E-state index in [0.29, 0.717) is 18.4 Å². The number of aryl methyl sites for hydroxylation is 1. The maximum Gasteiger partial charge on any atom is 0.222 e. The number of hydrogen-bond donors (Lipinski definition) is 1. The first-order chi connectivity index (χ1) is 10.2. The number of nitrogens with zero attached hydrogens (tertiary/aromatic N) is 4. The maximum absolute atomic E-state index is 11.7. The highest BCUT2D eigenvalue weighted by atomic mass is 16.2. The Bertz CT molecular complexity index is 533. The Labute approximate surface area is 125 Å². The molecule has 21 heavy (non-hydrogen) atoms. The summed E-state index contributed by atoms with van der Waals surface area (Å²) in [5.41, 5.74) is 0.991. The Morgan fingerprint density at radius 2 is 2.24 bits per heavy atom. The van der Waals surface area contributed by atoms with E-state index in [1.807, 2.05) is 17.9 Å². The number of fused-ring (bicyclic) bond motifs is 1. The number of rotatable bonds is 4. The van der Waals surface area contributed by atoms with Gasteiger partial charge in [0.15, 0.2) is 0 Å². The second kappa shape index (κ2) is 5.97. The van der Waals surface area contributed by atoms with Gasteiger partial charge in [-0.3, -0.25) is 9.69 Å². The fourth-order valence-corrected chi connectivity index (χ4v) is 3.24. The molecule has 3 heterocycles. The number of amides is 1. The lowest BCUT2D eigenvalue weighted by atomic mass is 10.1. The van der Waals surface area contributed by atoms with E-state index in [-0.39, 0.29) is 0 Å². The van der Waals surface area contributed by atoms with Gasteiger partial charge >= 0.3 is 0 Å². The van der Waals surface area contributed by atoms with Crippen LogP contribution in [-0.2, 0) is 11.3 Å². The fourth-order valence-electron chi connectivity index (χ4n) is 3.24. The molecule has 3 rings (SSSR count). The van der Waals surface area contributed by atoms with Crippen molar-refractivity contribution in [1.82, 2.24) is 19.8 Å². The SMILES string of the molecule is CCNc1cc(C)nc(CN2CCN3C(=O)CCC3C2)n1. The first-order valence-corrected chi connectivity index (χ1v) is 7.76. The second-order valence-corrected chi connectivity index (χ2v) is 5.86. The molecule has 114 valence electrons. The van der Waals surface area contributed by atoms with Crippen LogP contribution in [0.5, 0.6) is 0 Å². The normalized spacial score (nSPS) is 22.5. The maximum atomic E-state index is 11.7. The first-order valence-electron chi connectivity index (χ1n) is 7.76. The highest BCUT2D eigenvalue weighted by Crippen LogP contribution is 2.23. The quantitative estimate of drug-likeness (QED) is 0.897. The zero-order valence-corrected chi connectivity index (χ0v) is 12.8. The van der Waals surface area contributed by atoms with E-state index in [9.17, 15) is 4.79 Å². The molecule has 0 spiro atoms. The van der Waals surface area contributed by atoms with Crippen molar-refractivity contribution in [2.24, 2.45) is 0 Å². The number of carbonyl (C=O) groups is 1. The predicted octanol–water partition coefficient (Wildman–Crippen LogP) is 1.02. The lowest BCUT2D eigenvalue weighted by Gasteiger charge is -2.37. The summed E-state index contributed by atoms with van der Waals surface area (Å²) in [5, 5.41) is 3.25. The van der Waals surface area contributed by atoms with Crippen molar-refractivity contribution in [2.75, 3.05) is 31.5 Å². The molecule has 1 aromatic rings. The van der Waals surface area contributed by atoms with Crippen molar-refractivity contribution in [3.05, 3.63) is 17.6 Å². The van der Waals surface area contributed by atoms with Gasteiger partial charge in [-0.2, -0.15) is 0 Å². The molecule has 6 nitrogen and oxygen atoms in total. The molecule has 1 unspecified atom stereocenters. The van der Waals surface area contributed by atoms with Crippen LogP contribution >= 0.6 is 0 Å². The number of carbonyl (C=O) groups excluding carboxylic acids is 1. The van der Waals surface area contributed by atoms with E-state index in [4.69, 9.17) is 0 Å². The van der Waals surface area contributed by atoms with Crippen molar-refractivity contribution in [3.8, 4) is 0 Å². The highest BCUT2D eigenvalue weighted by Gasteiger charge is 2.35. The third kappa shape index (κ3) is 3.15. The van der Waals surface area contributed by atoms with E-state index in [2.05, 4.69) is 27.1 Å². The van der Waals surface area contributed by atoms with Crippen LogP contribution in [0.1, 0.15) is 31.3 Å². The zero-order chi connectivity index (χ0) is 14.8. The minimum Gasteiger partial charge on any atom is -0.370 e. The standard InChI is InChI=1S/C15H23N5O/c1-3-16-13-8-11(2)17-14(18-13)10-19-6-7-20-12(9-19)4-5-15(20)21/h8,12H,3-7,9-10H2,1-2H3,(H,16,17,18). The van der Waals surface area contributed by atoms with Gasteiger partial charge in [0.1, 0.15) is 11.6 Å². The van der Waals surface area contributed by atoms with E-state index in [1.54, 1.807) is 0 Å². The van der Waals surface area contributed by atoms with Crippen LogP contribution < -0.4 is 5.32 Å². The number of anilines is 1. The van der Waals surface area contributed by atoms with Gasteiger partial charge in [-0.25, -0.2) is 9.97 Å². The van der Waals surface area contributed by atoms with E-state index in [1.165, 1.54) is 0 Å². The third-order valence-corrected chi connectivity index (χ3v) is 4.20. The Balaban J connectivity index is 1.65. The van der Waals surface area contributed by atoms with Crippen molar-refractivity contribution in [2.45, 2.75) is 39.3 Å². The summed E-state index contributed by atoms with van der Waals surface area (Å²) in [6.07, 6.45) is 1.71. The fraction of sp³-hybridized carbons (Fsp3) is 0.667. The van der Waals surface area contributed by atoms with Gasteiger partial charge in [-0.15, -0.1) is 0 Å². The van der Waals surface area contributed by atoms with Crippen LogP contribution in [0.2, 0.25) is 0 Å². The molecule has 0 saturated carbocycles. The molecule has 1 N–H and O–H groups in total. The van der Waals surface area contributed by atoms with Gasteiger partial charge in [0.05, 0.1) is 6.54 Å². The summed E-state index contributed by atoms with van der Waals surface area (Å²) in [4.78, 5) is 25.2. The topological polar surface area (TPSA) is 61.4 Å². The van der Waals surface area contributed by atoms with Crippen molar-refractivity contribution < 1.29 is 4.79 Å². The predicted molar refractivity (Wildman–Crippen MR) is 80.9 cm³/mol. The van der Waals surface area contributed by atoms with Gasteiger partial charge in [0.25, 0.3) is 0 Å². The number of piperazine rings is 1. The lowest BCUT2D eigenvalue weighted by molar-refractivity contribution is -0.130. The summed E-state index contributed by atoms with van der Waals surface area (Å²) in [7, 11) is 0. The van der Waals surface area contributed by atoms with E-state index < -0.39 is 0 Å². The monoisotopic (exact) mass is 289 g/mol. The molecule has 0 aliphatic carbocycles. The van der Waals surface area contributed by atoms with Crippen LogP contribution in [0.25, 0.3) is 0 Å². The Morgan fingerprint density at radius 1 is 1.38 bits per heavy atom. The average Bonchev–Trinajstić information content (AvgIpc) is 2.80. The van der Waals surface area contributed by atoms with Crippen LogP contribution in [0.3, 0.4) is 0 Å². The Kier molecular flexibility index (Phi) is 4.05. The summed E-state index contributed by atoms with van der Waals surface area (Å²) in [6.45, 7) is 8.38. The number of nitrogens with one attached hydrogen (secondary N) is 1. The van der Waals surface area contributed by atoms with Crippen molar-refractivity contribution >= 4 is 11.7 Å². The van der Waals surface area contributed by atoms with Gasteiger partial charge < -0.3 is 10.2 Å². The molecule has 0 radical (unpaired) electrons. The summed E-state index contributed by atoms with van der Waals surface area (Å²) in [6, 6.07) is 2.37. The number of hydrogen-bond acceptors (Lipinski definition) is 5. The molecule has 2 aliphatic rings. The minimum absolute atomic E-state index is 0.320. The molecule has 0 bridgehead atoms. The summed E-state index contributed by atoms with van der Waals surface area (Å²) < 4.78 is 0. The molecule has 2 aliphatic heterocycles. The van der Waals surface area contributed by atoms with Crippen LogP contribution in [0.4, 0.5) is 5.82 Å². The minimum atomic E-state index is 0.320. The Hall–Kier alpha value is -1.69. The zero-order valence-electron chi connectivity index (χ0n) is 12.8. The van der Waals surface area contributed by atoms with E-state index in [0.717, 1.165) is 56.5 Å². The van der Waals surface area contributed by atoms with Crippen LogP contribution in [-0.4, -0.2) is 57.9 Å². The Morgan fingerprint density at radius 3 is 3.05 bits per heavy atom. The van der Waals surface area contributed by atoms with Crippen LogP contribution in [0, 0.1) is 6.92 Å². The molecule has 1 atom stereocenters. The van der Waals surface area contributed by atoms with E-state index >= 15 is 0 Å². The molecule has 1 amide bonds. The van der Waals surface area contributed by atoms with Gasteiger partial charge in [-0.05, 0) is 20.3 Å². The van der Waals surface area contributed by atoms with Crippen molar-refractivity contribution in [1.29, 1.82) is 0 Å². The van der Waals surface area contributed by atoms with Gasteiger partial charge in [0.2, 0.25) is 5.91 Å². The summed E-state index contributed by atoms with van der Waals surface area (Å²) >= 11 is 0. The molecular formula is C15H23N5O. The third-order valence-electron chi connectivity index (χ3n) is 4.20. The molecular weight excluding hydrogens is 266 g/mol. The molecule has 2 saturated heterocycles.